The van der Waals surface area contributed by atoms with Gasteiger partial charge in [-0.15, -0.1) is 0 Å². The van der Waals surface area contributed by atoms with Crippen LogP contribution in [0.4, 0.5) is 0 Å². The van der Waals surface area contributed by atoms with Crippen LogP contribution in [0.25, 0.3) is 0 Å². The lowest BCUT2D eigenvalue weighted by molar-refractivity contribution is -0.143. The van der Waals surface area contributed by atoms with Crippen molar-refractivity contribution in [1.82, 2.24) is 5.32 Å². The maximum Gasteiger partial charge on any atom is 0.311 e. The first-order valence-corrected chi connectivity index (χ1v) is 5.68. The van der Waals surface area contributed by atoms with E-state index in [1.165, 1.54) is 0 Å². The topological polar surface area (TPSA) is 75.6 Å². The van der Waals surface area contributed by atoms with Crippen LogP contribution in [0.3, 0.4) is 0 Å². The molecule has 0 saturated heterocycles. The van der Waals surface area contributed by atoms with Gasteiger partial charge in [-0.1, -0.05) is 0 Å². The monoisotopic (exact) mass is 229 g/mol. The third kappa shape index (κ3) is 3.81. The molecule has 0 heterocycles. The summed E-state index contributed by atoms with van der Waals surface area (Å²) in [4.78, 5) is 22.2. The second-order valence-electron chi connectivity index (χ2n) is 4.16. The van der Waals surface area contributed by atoms with Crippen molar-refractivity contribution < 1.29 is 19.4 Å². The maximum atomic E-state index is 11.3. The minimum Gasteiger partial charge on any atom is -0.481 e. The number of carbonyl (C=O) groups is 2. The molecular formula is C11H19NO4. The summed E-state index contributed by atoms with van der Waals surface area (Å²) in [6, 6.07) is 0. The number of nitrogens with one attached hydrogen (secondary N) is 1. The standard InChI is InChI=1S/C11H19NO4/c1-2-16-7-3-4-9(13)12-8-11(5-6-11)10(14)15/h2-8H2,1H3,(H,12,13)(H,14,15). The normalized spacial score (nSPS) is 16.8. The molecule has 1 rings (SSSR count). The number of amides is 1. The number of carboxylic acids is 1. The largest absolute Gasteiger partial charge is 0.481 e. The molecule has 5 nitrogen and oxygen atoms in total. The fraction of sp³-hybridized carbons (Fsp3) is 0.818. The molecule has 0 spiro atoms. The van der Waals surface area contributed by atoms with Gasteiger partial charge in [0.1, 0.15) is 0 Å². The maximum absolute atomic E-state index is 11.3. The highest BCUT2D eigenvalue weighted by atomic mass is 16.5. The Morgan fingerprint density at radius 3 is 2.62 bits per heavy atom. The van der Waals surface area contributed by atoms with Crippen molar-refractivity contribution in [3.8, 4) is 0 Å². The molecule has 16 heavy (non-hydrogen) atoms. The van der Waals surface area contributed by atoms with Crippen LogP contribution in [0.2, 0.25) is 0 Å². The highest BCUT2D eigenvalue weighted by molar-refractivity contribution is 5.80. The Morgan fingerprint density at radius 2 is 2.12 bits per heavy atom. The number of ether oxygens (including phenoxy) is 1. The van der Waals surface area contributed by atoms with Crippen LogP contribution in [0.1, 0.15) is 32.6 Å². The molecular weight excluding hydrogens is 210 g/mol. The van der Waals surface area contributed by atoms with Crippen molar-refractivity contribution in [2.75, 3.05) is 19.8 Å². The SMILES string of the molecule is CCOCCCC(=O)NCC1(C(=O)O)CC1. The van der Waals surface area contributed by atoms with E-state index < -0.39 is 11.4 Å². The number of hydrogen-bond acceptors (Lipinski definition) is 3. The Balaban J connectivity index is 2.09. The lowest BCUT2D eigenvalue weighted by Gasteiger charge is -2.10. The lowest BCUT2D eigenvalue weighted by atomic mass is 10.1. The molecule has 1 fully saturated rings. The van der Waals surface area contributed by atoms with Gasteiger partial charge in [0.2, 0.25) is 5.91 Å². The summed E-state index contributed by atoms with van der Waals surface area (Å²) in [5, 5.41) is 11.6. The summed E-state index contributed by atoms with van der Waals surface area (Å²) in [5.74, 6) is -0.894. The summed E-state index contributed by atoms with van der Waals surface area (Å²) < 4.78 is 5.11. The molecule has 0 aliphatic heterocycles. The molecule has 1 aliphatic rings. The van der Waals surface area contributed by atoms with Crippen molar-refractivity contribution in [1.29, 1.82) is 0 Å². The van der Waals surface area contributed by atoms with Gasteiger partial charge >= 0.3 is 5.97 Å². The number of carbonyl (C=O) groups excluding carboxylic acids is 1. The molecule has 0 atom stereocenters. The van der Waals surface area contributed by atoms with E-state index in [2.05, 4.69) is 5.32 Å². The highest BCUT2D eigenvalue weighted by Gasteiger charge is 2.50. The Kier molecular flexibility index (Phi) is 4.73. The van der Waals surface area contributed by atoms with Gasteiger partial charge in [0, 0.05) is 26.2 Å². The van der Waals surface area contributed by atoms with Crippen LogP contribution in [0.5, 0.6) is 0 Å². The average Bonchev–Trinajstić information content (AvgIpc) is 3.03. The van der Waals surface area contributed by atoms with Crippen molar-refractivity contribution in [2.24, 2.45) is 5.41 Å². The van der Waals surface area contributed by atoms with Crippen LogP contribution >= 0.6 is 0 Å². The predicted octanol–water partition coefficient (Wildman–Crippen LogP) is 0.784. The minimum atomic E-state index is -0.804. The molecule has 0 unspecified atom stereocenters. The zero-order valence-corrected chi connectivity index (χ0v) is 9.62. The Hall–Kier alpha value is -1.10. The van der Waals surface area contributed by atoms with Crippen molar-refractivity contribution >= 4 is 11.9 Å². The molecule has 92 valence electrons. The molecule has 0 aromatic rings. The molecule has 2 N–H and O–H groups in total. The van der Waals surface area contributed by atoms with Crippen molar-refractivity contribution in [2.45, 2.75) is 32.6 Å². The van der Waals surface area contributed by atoms with Gasteiger partial charge in [0.15, 0.2) is 0 Å². The van der Waals surface area contributed by atoms with Crippen LogP contribution in [0.15, 0.2) is 0 Å². The van der Waals surface area contributed by atoms with E-state index >= 15 is 0 Å². The van der Waals surface area contributed by atoms with Crippen LogP contribution in [-0.4, -0.2) is 36.7 Å². The smallest absolute Gasteiger partial charge is 0.311 e. The van der Waals surface area contributed by atoms with Crippen LogP contribution in [-0.2, 0) is 14.3 Å². The summed E-state index contributed by atoms with van der Waals surface area (Å²) in [6.07, 6.45) is 2.42. The second kappa shape index (κ2) is 5.84. The first-order valence-electron chi connectivity index (χ1n) is 5.68. The van der Waals surface area contributed by atoms with E-state index in [1.54, 1.807) is 0 Å². The molecule has 1 amide bonds. The Bertz CT molecular complexity index is 261. The quantitative estimate of drug-likeness (QED) is 0.603. The molecule has 5 heteroatoms. The van der Waals surface area contributed by atoms with Gasteiger partial charge in [-0.25, -0.2) is 0 Å². The van der Waals surface area contributed by atoms with Crippen LogP contribution in [0, 0.1) is 5.41 Å². The number of carboxylic acid groups (broad SMARTS) is 1. The fourth-order valence-corrected chi connectivity index (χ4v) is 1.45. The number of hydrogen-bond donors (Lipinski definition) is 2. The van der Waals surface area contributed by atoms with E-state index in [0.29, 0.717) is 38.9 Å². The van der Waals surface area contributed by atoms with Gasteiger partial charge in [0.05, 0.1) is 5.41 Å². The summed E-state index contributed by atoms with van der Waals surface area (Å²) in [7, 11) is 0. The number of rotatable bonds is 8. The van der Waals surface area contributed by atoms with E-state index in [-0.39, 0.29) is 12.5 Å². The first-order chi connectivity index (χ1) is 7.60. The highest BCUT2D eigenvalue weighted by Crippen LogP contribution is 2.45. The predicted molar refractivity (Wildman–Crippen MR) is 58.0 cm³/mol. The van der Waals surface area contributed by atoms with Gasteiger partial charge in [-0.05, 0) is 26.2 Å². The third-order valence-electron chi connectivity index (χ3n) is 2.83. The molecule has 0 aromatic carbocycles. The van der Waals surface area contributed by atoms with Gasteiger partial charge in [-0.3, -0.25) is 9.59 Å². The molecule has 1 saturated carbocycles. The summed E-state index contributed by atoms with van der Waals surface area (Å²) in [5.41, 5.74) is -0.671. The van der Waals surface area contributed by atoms with E-state index in [9.17, 15) is 9.59 Å². The van der Waals surface area contributed by atoms with Gasteiger partial charge in [0.25, 0.3) is 0 Å². The second-order valence-corrected chi connectivity index (χ2v) is 4.16. The lowest BCUT2D eigenvalue weighted by Crippen LogP contribution is -2.34. The minimum absolute atomic E-state index is 0.0905. The number of aliphatic carboxylic acids is 1. The Labute approximate surface area is 95.2 Å². The zero-order chi connectivity index (χ0) is 12.0. The summed E-state index contributed by atoms with van der Waals surface area (Å²) >= 11 is 0. The molecule has 0 aromatic heterocycles. The Morgan fingerprint density at radius 1 is 1.44 bits per heavy atom. The average molecular weight is 229 g/mol. The van der Waals surface area contributed by atoms with Crippen molar-refractivity contribution in [3.63, 3.8) is 0 Å². The van der Waals surface area contributed by atoms with E-state index in [4.69, 9.17) is 9.84 Å². The molecule has 0 radical (unpaired) electrons. The van der Waals surface area contributed by atoms with Gasteiger partial charge < -0.3 is 15.2 Å². The van der Waals surface area contributed by atoms with Gasteiger partial charge in [-0.2, -0.15) is 0 Å². The third-order valence-corrected chi connectivity index (χ3v) is 2.83. The van der Waals surface area contributed by atoms with Crippen molar-refractivity contribution in [3.05, 3.63) is 0 Å². The van der Waals surface area contributed by atoms with Crippen LogP contribution < -0.4 is 5.32 Å². The fourth-order valence-electron chi connectivity index (χ4n) is 1.45. The zero-order valence-electron chi connectivity index (χ0n) is 9.62. The van der Waals surface area contributed by atoms with E-state index in [1.807, 2.05) is 6.92 Å². The summed E-state index contributed by atoms with van der Waals surface area (Å²) in [6.45, 7) is 3.40. The van der Waals surface area contributed by atoms with E-state index in [0.717, 1.165) is 0 Å². The first kappa shape index (κ1) is 13.0. The molecule has 0 bridgehead atoms. The molecule has 1 aliphatic carbocycles.